The van der Waals surface area contributed by atoms with Gasteiger partial charge in [0.25, 0.3) is 0 Å². The fraction of sp³-hybridized carbons (Fsp3) is 0.500. The molecule has 0 spiro atoms. The van der Waals surface area contributed by atoms with Crippen molar-refractivity contribution in [1.29, 1.82) is 0 Å². The number of carbonyl (C=O) groups excluding carboxylic acids is 2. The first-order chi connectivity index (χ1) is 19.2. The Balaban J connectivity index is 1.72. The Kier molecular flexibility index (Phi) is 12.1. The van der Waals surface area contributed by atoms with Crippen molar-refractivity contribution in [2.24, 2.45) is 0 Å². The van der Waals surface area contributed by atoms with E-state index in [4.69, 9.17) is 21.1 Å². The normalized spacial score (nSPS) is 14.3. The van der Waals surface area contributed by atoms with Gasteiger partial charge >= 0.3 is 6.03 Å². The average molecular weight is 595 g/mol. The fourth-order valence-corrected chi connectivity index (χ4v) is 6.16. The van der Waals surface area contributed by atoms with Crippen LogP contribution in [0.4, 0.5) is 10.5 Å². The van der Waals surface area contributed by atoms with Gasteiger partial charge in [-0.3, -0.25) is 4.79 Å². The number of carbonyl (C=O) groups is 2. The molecular weight excluding hydrogens is 556 g/mol. The van der Waals surface area contributed by atoms with Crippen molar-refractivity contribution in [1.82, 2.24) is 14.1 Å². The van der Waals surface area contributed by atoms with Gasteiger partial charge < -0.3 is 24.6 Å². The topological polar surface area (TPSA) is 108 Å². The lowest BCUT2D eigenvalue weighted by Gasteiger charge is -2.39. The number of ether oxygens (including phenoxy) is 2. The molecule has 40 heavy (non-hydrogen) atoms. The molecule has 1 heterocycles. The van der Waals surface area contributed by atoms with Gasteiger partial charge in [0.1, 0.15) is 5.75 Å². The predicted octanol–water partition coefficient (Wildman–Crippen LogP) is 4.06. The van der Waals surface area contributed by atoms with Gasteiger partial charge in [0, 0.05) is 50.0 Å². The van der Waals surface area contributed by atoms with Crippen molar-refractivity contribution in [2.45, 2.75) is 38.8 Å². The van der Waals surface area contributed by atoms with Crippen molar-refractivity contribution in [3.8, 4) is 5.75 Å². The first kappa shape index (κ1) is 31.7. The smallest absolute Gasteiger partial charge is 0.321 e. The van der Waals surface area contributed by atoms with E-state index in [1.165, 1.54) is 11.4 Å². The summed E-state index contributed by atoms with van der Waals surface area (Å²) in [7, 11) is -0.536. The molecule has 1 aliphatic rings. The maximum atomic E-state index is 13.7. The van der Waals surface area contributed by atoms with Crippen LogP contribution in [0, 0.1) is 0 Å². The summed E-state index contributed by atoms with van der Waals surface area (Å²) in [5.74, 6) is 0.377. The maximum absolute atomic E-state index is 13.7. The number of piperidine rings is 1. The van der Waals surface area contributed by atoms with Gasteiger partial charge in [-0.05, 0) is 61.2 Å². The first-order valence-electron chi connectivity index (χ1n) is 13.4. The number of urea groups is 1. The van der Waals surface area contributed by atoms with Gasteiger partial charge in [0.15, 0.2) is 0 Å². The summed E-state index contributed by atoms with van der Waals surface area (Å²) in [6.07, 6.45) is 1.58. The molecule has 0 saturated carbocycles. The molecule has 1 saturated heterocycles. The zero-order valence-electron chi connectivity index (χ0n) is 23.3. The Labute approximate surface area is 242 Å². The van der Waals surface area contributed by atoms with Gasteiger partial charge in [-0.1, -0.05) is 30.7 Å². The zero-order valence-corrected chi connectivity index (χ0v) is 24.9. The number of benzene rings is 2. The number of likely N-dealkylation sites (tertiary alicyclic amines) is 1. The lowest BCUT2D eigenvalue weighted by molar-refractivity contribution is -0.135. The number of methoxy groups -OCH3 is 2. The highest BCUT2D eigenvalue weighted by Crippen LogP contribution is 2.23. The second kappa shape index (κ2) is 15.2. The summed E-state index contributed by atoms with van der Waals surface area (Å²) >= 11 is 6.06. The average Bonchev–Trinajstić information content (AvgIpc) is 2.95. The molecule has 1 fully saturated rings. The van der Waals surface area contributed by atoms with E-state index in [0.29, 0.717) is 55.4 Å². The molecule has 1 N–H and O–H groups in total. The van der Waals surface area contributed by atoms with Gasteiger partial charge in [-0.2, -0.15) is 4.31 Å². The standard InChI is InChI=1S/C28H39ClN4O6S/c1-4-19-40(36,37)32(17-18-38-2)21-27(34)33(20-22-5-7-23(29)8-6-22)25-13-15-31(16-14-25)28(35)30-24-9-11-26(39-3)12-10-24/h5-12,25H,4,13-21H2,1-3H3,(H,30,35). The molecule has 1 aliphatic heterocycles. The van der Waals surface area contributed by atoms with Crippen LogP contribution in [0.5, 0.6) is 5.75 Å². The monoisotopic (exact) mass is 594 g/mol. The molecule has 10 nitrogen and oxygen atoms in total. The zero-order chi connectivity index (χ0) is 29.1. The lowest BCUT2D eigenvalue weighted by atomic mass is 10.0. The SMILES string of the molecule is CCCS(=O)(=O)N(CCOC)CC(=O)N(Cc1ccc(Cl)cc1)C1CCN(C(=O)Nc2ccc(OC)cc2)CC1. The molecule has 2 aromatic rings. The van der Waals surface area contributed by atoms with Crippen LogP contribution in [0.1, 0.15) is 31.7 Å². The van der Waals surface area contributed by atoms with Gasteiger partial charge in [-0.25, -0.2) is 13.2 Å². The van der Waals surface area contributed by atoms with Crippen LogP contribution >= 0.6 is 11.6 Å². The van der Waals surface area contributed by atoms with E-state index in [2.05, 4.69) is 5.32 Å². The molecule has 0 radical (unpaired) electrons. The van der Waals surface area contributed by atoms with Gasteiger partial charge in [-0.15, -0.1) is 0 Å². The van der Waals surface area contributed by atoms with E-state index in [-0.39, 0.29) is 43.4 Å². The molecule has 2 aromatic carbocycles. The van der Waals surface area contributed by atoms with Crippen molar-refractivity contribution >= 4 is 39.2 Å². The van der Waals surface area contributed by atoms with Crippen LogP contribution in [0.2, 0.25) is 5.02 Å². The molecule has 0 bridgehead atoms. The van der Waals surface area contributed by atoms with Crippen molar-refractivity contribution < 1.29 is 27.5 Å². The number of halogens is 1. The second-order valence-electron chi connectivity index (χ2n) is 9.67. The number of nitrogens with one attached hydrogen (secondary N) is 1. The molecule has 3 amide bonds. The third-order valence-electron chi connectivity index (χ3n) is 6.83. The number of hydrogen-bond acceptors (Lipinski definition) is 6. The Morgan fingerprint density at radius 2 is 1.70 bits per heavy atom. The highest BCUT2D eigenvalue weighted by molar-refractivity contribution is 7.89. The number of amides is 3. The van der Waals surface area contributed by atoms with E-state index in [1.54, 1.807) is 60.2 Å². The lowest BCUT2D eigenvalue weighted by Crippen LogP contribution is -2.52. The van der Waals surface area contributed by atoms with E-state index in [1.807, 2.05) is 12.1 Å². The number of nitrogens with zero attached hydrogens (tertiary/aromatic N) is 3. The molecular formula is C28H39ClN4O6S. The third-order valence-corrected chi connectivity index (χ3v) is 9.11. The molecule has 3 rings (SSSR count). The highest BCUT2D eigenvalue weighted by Gasteiger charge is 2.32. The molecule has 0 unspecified atom stereocenters. The summed E-state index contributed by atoms with van der Waals surface area (Å²) in [5.41, 5.74) is 1.55. The fourth-order valence-electron chi connectivity index (χ4n) is 4.60. The summed E-state index contributed by atoms with van der Waals surface area (Å²) in [5, 5.41) is 3.49. The van der Waals surface area contributed by atoms with E-state index in [0.717, 1.165) is 5.56 Å². The Bertz CT molecular complexity index is 1200. The maximum Gasteiger partial charge on any atom is 0.321 e. The largest absolute Gasteiger partial charge is 0.497 e. The van der Waals surface area contributed by atoms with Crippen LogP contribution in [-0.4, -0.2) is 93.3 Å². The summed E-state index contributed by atoms with van der Waals surface area (Å²) in [6, 6.07) is 14.0. The van der Waals surface area contributed by atoms with E-state index in [9.17, 15) is 18.0 Å². The summed E-state index contributed by atoms with van der Waals surface area (Å²) < 4.78 is 37.3. The van der Waals surface area contributed by atoms with Gasteiger partial charge in [0.2, 0.25) is 15.9 Å². The van der Waals surface area contributed by atoms with E-state index >= 15 is 0 Å². The Hall–Kier alpha value is -2.86. The molecule has 220 valence electrons. The van der Waals surface area contributed by atoms with Crippen molar-refractivity contribution in [3.05, 3.63) is 59.1 Å². The van der Waals surface area contributed by atoms with Crippen LogP contribution in [0.25, 0.3) is 0 Å². The highest BCUT2D eigenvalue weighted by atomic mass is 35.5. The first-order valence-corrected chi connectivity index (χ1v) is 15.4. The summed E-state index contributed by atoms with van der Waals surface area (Å²) in [4.78, 5) is 30.0. The van der Waals surface area contributed by atoms with Crippen molar-refractivity contribution in [2.75, 3.05) is 58.1 Å². The predicted molar refractivity (Wildman–Crippen MR) is 156 cm³/mol. The molecule has 0 aliphatic carbocycles. The summed E-state index contributed by atoms with van der Waals surface area (Å²) in [6.45, 7) is 3.04. The minimum absolute atomic E-state index is 0.0388. The minimum Gasteiger partial charge on any atom is -0.497 e. The molecule has 0 aromatic heterocycles. The van der Waals surface area contributed by atoms with Crippen LogP contribution in [0.3, 0.4) is 0 Å². The number of anilines is 1. The Morgan fingerprint density at radius 1 is 1.05 bits per heavy atom. The quantitative estimate of drug-likeness (QED) is 0.375. The van der Waals surface area contributed by atoms with Crippen LogP contribution in [0.15, 0.2) is 48.5 Å². The Morgan fingerprint density at radius 3 is 2.27 bits per heavy atom. The molecule has 12 heteroatoms. The second-order valence-corrected chi connectivity index (χ2v) is 12.2. The van der Waals surface area contributed by atoms with E-state index < -0.39 is 10.0 Å². The number of sulfonamides is 1. The van der Waals surface area contributed by atoms with Crippen molar-refractivity contribution in [3.63, 3.8) is 0 Å². The minimum atomic E-state index is -3.62. The molecule has 0 atom stereocenters. The van der Waals surface area contributed by atoms with Crippen LogP contribution in [-0.2, 0) is 26.1 Å². The number of rotatable bonds is 13. The third kappa shape index (κ3) is 9.09. The van der Waals surface area contributed by atoms with Gasteiger partial charge in [0.05, 0.1) is 26.0 Å². The van der Waals surface area contributed by atoms with Crippen LogP contribution < -0.4 is 10.1 Å². The number of hydrogen-bond donors (Lipinski definition) is 1.